The molecule has 0 atom stereocenters. The van der Waals surface area contributed by atoms with E-state index in [2.05, 4.69) is 4.98 Å². The van der Waals surface area contributed by atoms with Gasteiger partial charge in [-0.15, -0.1) is 11.3 Å². The zero-order chi connectivity index (χ0) is 20.6. The van der Waals surface area contributed by atoms with Crippen LogP contribution < -0.4 is 9.47 Å². The van der Waals surface area contributed by atoms with E-state index < -0.39 is 23.7 Å². The van der Waals surface area contributed by atoms with Crippen LogP contribution in [0.4, 0.5) is 17.6 Å². The number of carbonyl (C=O) groups is 1. The third kappa shape index (κ3) is 3.94. The van der Waals surface area contributed by atoms with Crippen LogP contribution in [0.25, 0.3) is 10.1 Å². The largest absolute Gasteiger partial charge is 0.486 e. The van der Waals surface area contributed by atoms with Gasteiger partial charge < -0.3 is 9.47 Å². The van der Waals surface area contributed by atoms with Crippen LogP contribution in [0.2, 0.25) is 0 Å². The number of esters is 1. The lowest BCUT2D eigenvalue weighted by Crippen LogP contribution is -2.10. The third-order valence-electron chi connectivity index (χ3n) is 4.04. The van der Waals surface area contributed by atoms with Crippen LogP contribution >= 0.6 is 11.3 Å². The van der Waals surface area contributed by atoms with Crippen LogP contribution in [-0.2, 0) is 17.6 Å². The fourth-order valence-electron chi connectivity index (χ4n) is 2.71. The van der Waals surface area contributed by atoms with E-state index in [1.54, 1.807) is 6.92 Å². The molecular formula is C19H15F4NO3S. The summed E-state index contributed by atoms with van der Waals surface area (Å²) >= 11 is 1.07. The summed E-state index contributed by atoms with van der Waals surface area (Å²) in [6.07, 6.45) is -4.53. The fourth-order valence-corrected chi connectivity index (χ4v) is 3.69. The van der Waals surface area contributed by atoms with E-state index in [0.717, 1.165) is 17.4 Å². The highest BCUT2D eigenvalue weighted by molar-refractivity contribution is 7.17. The van der Waals surface area contributed by atoms with Crippen LogP contribution in [0.3, 0.4) is 0 Å². The molecule has 1 aromatic carbocycles. The molecule has 0 aliphatic rings. The summed E-state index contributed by atoms with van der Waals surface area (Å²) in [6, 6.07) is 3.59. The number of thiophene rings is 1. The van der Waals surface area contributed by atoms with E-state index in [1.807, 2.05) is 0 Å². The molecule has 9 heteroatoms. The van der Waals surface area contributed by atoms with Gasteiger partial charge in [-0.3, -0.25) is 4.79 Å². The van der Waals surface area contributed by atoms with E-state index in [4.69, 9.17) is 9.47 Å². The van der Waals surface area contributed by atoms with Gasteiger partial charge in [-0.2, -0.15) is 13.2 Å². The number of aromatic nitrogens is 1. The van der Waals surface area contributed by atoms with Crippen molar-refractivity contribution in [2.24, 2.45) is 0 Å². The molecular weight excluding hydrogens is 398 g/mol. The molecule has 0 aliphatic carbocycles. The Morgan fingerprint density at radius 3 is 2.54 bits per heavy atom. The average Bonchev–Trinajstić information content (AvgIpc) is 3.00. The quantitative estimate of drug-likeness (QED) is 0.414. The Balaban J connectivity index is 1.87. The Morgan fingerprint density at radius 1 is 1.21 bits per heavy atom. The molecule has 0 saturated carbocycles. The number of halogens is 4. The summed E-state index contributed by atoms with van der Waals surface area (Å²) < 4.78 is 63.8. The summed E-state index contributed by atoms with van der Waals surface area (Å²) in [5.41, 5.74) is 0.221. The first kappa shape index (κ1) is 20.1. The zero-order valence-electron chi connectivity index (χ0n) is 15.1. The Labute approximate surface area is 161 Å². The second kappa shape index (κ2) is 7.38. The maximum Gasteiger partial charge on any atom is 0.433 e. The van der Waals surface area contributed by atoms with Gasteiger partial charge in [0.2, 0.25) is 0 Å². The van der Waals surface area contributed by atoms with E-state index in [1.165, 1.54) is 31.4 Å². The van der Waals surface area contributed by atoms with E-state index in [-0.39, 0.29) is 28.5 Å². The number of nitrogens with zero attached hydrogens (tertiary/aromatic N) is 1. The number of pyridine rings is 1. The first-order valence-corrected chi connectivity index (χ1v) is 9.01. The Hall–Kier alpha value is -2.68. The van der Waals surface area contributed by atoms with Crippen LogP contribution in [0.5, 0.6) is 11.5 Å². The molecule has 0 fully saturated rings. The number of rotatable bonds is 4. The van der Waals surface area contributed by atoms with Gasteiger partial charge in [0.15, 0.2) is 11.6 Å². The second-order valence-electron chi connectivity index (χ2n) is 6.13. The minimum absolute atomic E-state index is 0.0412. The van der Waals surface area contributed by atoms with Crippen molar-refractivity contribution in [3.05, 3.63) is 51.9 Å². The Kier molecular flexibility index (Phi) is 5.29. The van der Waals surface area contributed by atoms with Crippen molar-refractivity contribution in [3.8, 4) is 11.5 Å². The normalized spacial score (nSPS) is 11.7. The topological polar surface area (TPSA) is 48.4 Å². The van der Waals surface area contributed by atoms with Crippen molar-refractivity contribution >= 4 is 27.4 Å². The van der Waals surface area contributed by atoms with Crippen LogP contribution in [0.1, 0.15) is 29.4 Å². The van der Waals surface area contributed by atoms with Gasteiger partial charge in [-0.25, -0.2) is 9.37 Å². The summed E-state index contributed by atoms with van der Waals surface area (Å²) in [4.78, 5) is 14.7. The lowest BCUT2D eigenvalue weighted by Gasteiger charge is -2.13. The number of ether oxygens (including phenoxy) is 2. The van der Waals surface area contributed by atoms with Crippen molar-refractivity contribution in [1.29, 1.82) is 0 Å². The molecule has 2 aromatic heterocycles. The molecule has 0 bridgehead atoms. The van der Waals surface area contributed by atoms with Gasteiger partial charge in [0.05, 0.1) is 4.70 Å². The highest BCUT2D eigenvalue weighted by Gasteiger charge is 2.32. The van der Waals surface area contributed by atoms with E-state index >= 15 is 0 Å². The molecule has 2 heterocycles. The number of aryl methyl sites for hydroxylation is 2. The predicted octanol–water partition coefficient (Wildman–Crippen LogP) is 5.58. The minimum Gasteiger partial charge on any atom is -0.486 e. The number of alkyl halides is 3. The molecule has 28 heavy (non-hydrogen) atoms. The Bertz CT molecular complexity index is 1060. The molecule has 0 aliphatic heterocycles. The summed E-state index contributed by atoms with van der Waals surface area (Å²) in [5, 5.41) is 2.02. The smallest absolute Gasteiger partial charge is 0.433 e. The molecule has 0 unspecified atom stereocenters. The summed E-state index contributed by atoms with van der Waals surface area (Å²) in [7, 11) is 0. The zero-order valence-corrected chi connectivity index (χ0v) is 15.9. The lowest BCUT2D eigenvalue weighted by atomic mass is 10.1. The van der Waals surface area contributed by atoms with Gasteiger partial charge in [-0.05, 0) is 31.5 Å². The first-order chi connectivity index (χ1) is 13.1. The number of hydrogen-bond acceptors (Lipinski definition) is 5. The molecule has 0 N–H and O–H groups in total. The monoisotopic (exact) mass is 413 g/mol. The number of hydrogen-bond donors (Lipinski definition) is 0. The maximum atomic E-state index is 14.8. The number of benzene rings is 1. The van der Waals surface area contributed by atoms with Gasteiger partial charge in [-0.1, -0.05) is 6.07 Å². The van der Waals surface area contributed by atoms with Crippen molar-refractivity contribution < 1.29 is 31.8 Å². The summed E-state index contributed by atoms with van der Waals surface area (Å²) in [6.45, 7) is 4.27. The van der Waals surface area contributed by atoms with Gasteiger partial charge >= 0.3 is 12.1 Å². The van der Waals surface area contributed by atoms with E-state index in [0.29, 0.717) is 16.5 Å². The van der Waals surface area contributed by atoms with Crippen LogP contribution in [0, 0.1) is 19.7 Å². The second-order valence-corrected chi connectivity index (χ2v) is 7.01. The average molecular weight is 413 g/mol. The minimum atomic E-state index is -4.53. The SMILES string of the molecule is CC(=O)Oc1csc2c(F)c(OCc3ccc(C(F)(F)F)nc3C)cc(C)c12. The van der Waals surface area contributed by atoms with Gasteiger partial charge in [0.25, 0.3) is 0 Å². The third-order valence-corrected chi connectivity index (χ3v) is 4.99. The van der Waals surface area contributed by atoms with Crippen molar-refractivity contribution in [2.75, 3.05) is 0 Å². The maximum absolute atomic E-state index is 14.8. The molecule has 3 aromatic rings. The van der Waals surface area contributed by atoms with Crippen LogP contribution in [0.15, 0.2) is 23.6 Å². The number of carbonyl (C=O) groups excluding carboxylic acids is 1. The van der Waals surface area contributed by atoms with Gasteiger partial charge in [0.1, 0.15) is 18.1 Å². The van der Waals surface area contributed by atoms with Crippen molar-refractivity contribution in [1.82, 2.24) is 4.98 Å². The molecule has 0 amide bonds. The number of fused-ring (bicyclic) bond motifs is 1. The van der Waals surface area contributed by atoms with Crippen molar-refractivity contribution in [2.45, 2.75) is 33.6 Å². The summed E-state index contributed by atoms with van der Waals surface area (Å²) in [5.74, 6) is -0.898. The Morgan fingerprint density at radius 2 is 1.93 bits per heavy atom. The first-order valence-electron chi connectivity index (χ1n) is 8.13. The highest BCUT2D eigenvalue weighted by Crippen LogP contribution is 2.40. The molecule has 0 spiro atoms. The van der Waals surface area contributed by atoms with Crippen LogP contribution in [-0.4, -0.2) is 11.0 Å². The molecule has 0 radical (unpaired) electrons. The molecule has 0 saturated heterocycles. The van der Waals surface area contributed by atoms with Gasteiger partial charge in [0, 0.05) is 28.9 Å². The molecule has 148 valence electrons. The predicted molar refractivity (Wildman–Crippen MR) is 96.1 cm³/mol. The molecule has 3 rings (SSSR count). The lowest BCUT2D eigenvalue weighted by molar-refractivity contribution is -0.141. The highest BCUT2D eigenvalue weighted by atomic mass is 32.1. The van der Waals surface area contributed by atoms with E-state index in [9.17, 15) is 22.4 Å². The molecule has 4 nitrogen and oxygen atoms in total. The fraction of sp³-hybridized carbons (Fsp3) is 0.263. The van der Waals surface area contributed by atoms with Crippen molar-refractivity contribution in [3.63, 3.8) is 0 Å². The standard InChI is InChI=1S/C19H15F4NO3S/c1-9-6-13(17(20)18-16(9)14(8-28-18)27-11(3)25)26-7-12-4-5-15(19(21,22)23)24-10(12)2/h4-6,8H,7H2,1-3H3.